The number of hydrogen-bond acceptors (Lipinski definition) is 3. The van der Waals surface area contributed by atoms with Crippen LogP contribution in [-0.4, -0.2) is 4.98 Å². The van der Waals surface area contributed by atoms with E-state index in [-0.39, 0.29) is 0 Å². The number of nitrogens with one attached hydrogen (secondary N) is 1. The van der Waals surface area contributed by atoms with Crippen molar-refractivity contribution in [1.82, 2.24) is 4.98 Å². The summed E-state index contributed by atoms with van der Waals surface area (Å²) >= 11 is 0. The third-order valence-electron chi connectivity index (χ3n) is 1.82. The fourth-order valence-electron chi connectivity index (χ4n) is 1.18. The summed E-state index contributed by atoms with van der Waals surface area (Å²) in [7, 11) is 0. The zero-order valence-corrected chi connectivity index (χ0v) is 6.79. The SMILES string of the molecule is NNc1ccc2ccc(F)nc2c1. The van der Waals surface area contributed by atoms with Gasteiger partial charge in [-0.1, -0.05) is 6.07 Å². The number of halogens is 1. The Balaban J connectivity index is 2.68. The van der Waals surface area contributed by atoms with Crippen LogP contribution in [0.15, 0.2) is 30.3 Å². The zero-order chi connectivity index (χ0) is 9.26. The fourth-order valence-corrected chi connectivity index (χ4v) is 1.18. The first kappa shape index (κ1) is 7.94. The van der Waals surface area contributed by atoms with E-state index in [1.807, 2.05) is 12.1 Å². The Bertz CT molecular complexity index is 442. The van der Waals surface area contributed by atoms with Gasteiger partial charge >= 0.3 is 0 Å². The predicted octanol–water partition coefficient (Wildman–Crippen LogP) is 1.66. The van der Waals surface area contributed by atoms with Crippen LogP contribution in [0.5, 0.6) is 0 Å². The van der Waals surface area contributed by atoms with Gasteiger partial charge < -0.3 is 5.43 Å². The first-order valence-electron chi connectivity index (χ1n) is 3.82. The fraction of sp³-hybridized carbons (Fsp3) is 0. The van der Waals surface area contributed by atoms with Gasteiger partial charge in [-0.3, -0.25) is 5.84 Å². The molecule has 13 heavy (non-hydrogen) atoms. The molecule has 66 valence electrons. The molecule has 3 nitrogen and oxygen atoms in total. The van der Waals surface area contributed by atoms with Gasteiger partial charge in [-0.2, -0.15) is 4.39 Å². The van der Waals surface area contributed by atoms with Crippen LogP contribution in [0.1, 0.15) is 0 Å². The normalized spacial score (nSPS) is 10.3. The highest BCUT2D eigenvalue weighted by Crippen LogP contribution is 2.16. The summed E-state index contributed by atoms with van der Waals surface area (Å²) < 4.78 is 12.7. The lowest BCUT2D eigenvalue weighted by molar-refractivity contribution is 0.589. The van der Waals surface area contributed by atoms with Crippen molar-refractivity contribution in [2.75, 3.05) is 5.43 Å². The average molecular weight is 177 g/mol. The number of rotatable bonds is 1. The second kappa shape index (κ2) is 2.99. The van der Waals surface area contributed by atoms with Crippen LogP contribution in [0.2, 0.25) is 0 Å². The van der Waals surface area contributed by atoms with Gasteiger partial charge in [0.1, 0.15) is 0 Å². The smallest absolute Gasteiger partial charge is 0.213 e. The molecule has 0 saturated heterocycles. The number of hydrogen-bond donors (Lipinski definition) is 2. The molecule has 2 aromatic rings. The van der Waals surface area contributed by atoms with Gasteiger partial charge in [0.15, 0.2) is 0 Å². The van der Waals surface area contributed by atoms with Crippen LogP contribution in [0.3, 0.4) is 0 Å². The van der Waals surface area contributed by atoms with Crippen molar-refractivity contribution < 1.29 is 4.39 Å². The number of nitrogens with two attached hydrogens (primary N) is 1. The Labute approximate surface area is 74.4 Å². The molecule has 1 aromatic carbocycles. The third kappa shape index (κ3) is 1.43. The van der Waals surface area contributed by atoms with Crippen molar-refractivity contribution >= 4 is 16.6 Å². The van der Waals surface area contributed by atoms with Crippen molar-refractivity contribution in [3.8, 4) is 0 Å². The highest BCUT2D eigenvalue weighted by Gasteiger charge is 1.97. The molecule has 4 heteroatoms. The van der Waals surface area contributed by atoms with Gasteiger partial charge in [0.2, 0.25) is 5.95 Å². The van der Waals surface area contributed by atoms with E-state index in [0.29, 0.717) is 11.2 Å². The highest BCUT2D eigenvalue weighted by molar-refractivity contribution is 5.81. The number of fused-ring (bicyclic) bond motifs is 1. The van der Waals surface area contributed by atoms with Crippen molar-refractivity contribution in [2.24, 2.45) is 5.84 Å². The Morgan fingerprint density at radius 1 is 1.23 bits per heavy atom. The van der Waals surface area contributed by atoms with E-state index < -0.39 is 5.95 Å². The molecule has 2 rings (SSSR count). The standard InChI is InChI=1S/C9H8FN3/c10-9-4-2-6-1-3-7(13-11)5-8(6)12-9/h1-5,13H,11H2. The molecule has 1 aromatic heterocycles. The number of anilines is 1. The van der Waals surface area contributed by atoms with Crippen LogP contribution in [0.25, 0.3) is 10.9 Å². The molecular formula is C9H8FN3. The highest BCUT2D eigenvalue weighted by atomic mass is 19.1. The number of pyridine rings is 1. The summed E-state index contributed by atoms with van der Waals surface area (Å²) in [6, 6.07) is 8.34. The van der Waals surface area contributed by atoms with Crippen LogP contribution >= 0.6 is 0 Å². The van der Waals surface area contributed by atoms with E-state index in [9.17, 15) is 4.39 Å². The molecule has 0 atom stereocenters. The largest absolute Gasteiger partial charge is 0.324 e. The van der Waals surface area contributed by atoms with E-state index in [4.69, 9.17) is 5.84 Å². The molecule has 3 N–H and O–H groups in total. The van der Waals surface area contributed by atoms with Gasteiger partial charge in [0.05, 0.1) is 11.2 Å². The predicted molar refractivity (Wildman–Crippen MR) is 49.5 cm³/mol. The monoisotopic (exact) mass is 177 g/mol. The quantitative estimate of drug-likeness (QED) is 0.395. The first-order valence-corrected chi connectivity index (χ1v) is 3.82. The summed E-state index contributed by atoms with van der Waals surface area (Å²) in [5.74, 6) is 4.72. The van der Waals surface area contributed by atoms with Gasteiger partial charge in [-0.05, 0) is 24.3 Å². The third-order valence-corrected chi connectivity index (χ3v) is 1.82. The van der Waals surface area contributed by atoms with E-state index in [1.165, 1.54) is 6.07 Å². The number of hydrazine groups is 1. The summed E-state index contributed by atoms with van der Waals surface area (Å²) in [5.41, 5.74) is 3.78. The van der Waals surface area contributed by atoms with Crippen LogP contribution in [0.4, 0.5) is 10.1 Å². The molecule has 1 heterocycles. The minimum atomic E-state index is -0.485. The molecule has 0 aliphatic heterocycles. The first-order chi connectivity index (χ1) is 6.29. The molecule has 0 aliphatic rings. The summed E-state index contributed by atoms with van der Waals surface area (Å²) in [5, 5.41) is 0.889. The van der Waals surface area contributed by atoms with Crippen LogP contribution < -0.4 is 11.3 Å². The van der Waals surface area contributed by atoms with Crippen molar-refractivity contribution in [2.45, 2.75) is 0 Å². The minimum Gasteiger partial charge on any atom is -0.324 e. The Kier molecular flexibility index (Phi) is 1.83. The minimum absolute atomic E-state index is 0.485. The number of nitrogen functional groups attached to an aromatic ring is 1. The molecule has 0 saturated carbocycles. The lowest BCUT2D eigenvalue weighted by atomic mass is 10.2. The van der Waals surface area contributed by atoms with Gasteiger partial charge in [0.25, 0.3) is 0 Å². The molecule has 0 unspecified atom stereocenters. The Morgan fingerprint density at radius 3 is 2.77 bits per heavy atom. The van der Waals surface area contributed by atoms with E-state index in [1.54, 1.807) is 12.1 Å². The van der Waals surface area contributed by atoms with Crippen molar-refractivity contribution in [3.05, 3.63) is 36.3 Å². The summed E-state index contributed by atoms with van der Waals surface area (Å²) in [4.78, 5) is 3.72. The Morgan fingerprint density at radius 2 is 2.00 bits per heavy atom. The molecule has 0 fully saturated rings. The van der Waals surface area contributed by atoms with E-state index >= 15 is 0 Å². The average Bonchev–Trinajstić information content (AvgIpc) is 2.16. The molecule has 0 radical (unpaired) electrons. The lowest BCUT2D eigenvalue weighted by Gasteiger charge is -2.01. The Hall–Kier alpha value is -1.68. The van der Waals surface area contributed by atoms with Crippen molar-refractivity contribution in [3.63, 3.8) is 0 Å². The van der Waals surface area contributed by atoms with E-state index in [2.05, 4.69) is 10.4 Å². The molecule has 0 aliphatic carbocycles. The molecule has 0 amide bonds. The zero-order valence-electron chi connectivity index (χ0n) is 6.79. The van der Waals surface area contributed by atoms with Gasteiger partial charge in [-0.15, -0.1) is 0 Å². The summed E-state index contributed by atoms with van der Waals surface area (Å²) in [6.07, 6.45) is 0. The molecule has 0 spiro atoms. The topological polar surface area (TPSA) is 50.9 Å². The van der Waals surface area contributed by atoms with Crippen molar-refractivity contribution in [1.29, 1.82) is 0 Å². The number of benzene rings is 1. The molecule has 0 bridgehead atoms. The lowest BCUT2D eigenvalue weighted by Crippen LogP contribution is -2.06. The maximum Gasteiger partial charge on any atom is 0.213 e. The van der Waals surface area contributed by atoms with Crippen LogP contribution in [-0.2, 0) is 0 Å². The summed E-state index contributed by atoms with van der Waals surface area (Å²) in [6.45, 7) is 0. The van der Waals surface area contributed by atoms with Gasteiger partial charge in [0, 0.05) is 5.39 Å². The molecular weight excluding hydrogens is 169 g/mol. The van der Waals surface area contributed by atoms with Crippen LogP contribution in [0, 0.1) is 5.95 Å². The second-order valence-corrected chi connectivity index (χ2v) is 2.69. The maximum atomic E-state index is 12.7. The maximum absolute atomic E-state index is 12.7. The number of nitrogens with zero attached hydrogens (tertiary/aromatic N) is 1. The number of aromatic nitrogens is 1. The second-order valence-electron chi connectivity index (χ2n) is 2.69. The van der Waals surface area contributed by atoms with E-state index in [0.717, 1.165) is 5.39 Å². The van der Waals surface area contributed by atoms with Gasteiger partial charge in [-0.25, -0.2) is 4.98 Å².